The Bertz CT molecular complexity index is 1220. The molecule has 1 atom stereocenters. The molecule has 0 aliphatic carbocycles. The molecule has 1 heterocycles. The van der Waals surface area contributed by atoms with Gasteiger partial charge in [0.05, 0.1) is 5.56 Å². The van der Waals surface area contributed by atoms with Crippen LogP contribution in [0.3, 0.4) is 0 Å². The van der Waals surface area contributed by atoms with Crippen LogP contribution < -0.4 is 5.32 Å². The van der Waals surface area contributed by atoms with Gasteiger partial charge in [0.25, 0.3) is 5.91 Å². The smallest absolute Gasteiger partial charge is 0.330 e. The Morgan fingerprint density at radius 3 is 2.43 bits per heavy atom. The van der Waals surface area contributed by atoms with Gasteiger partial charge in [-0.25, -0.2) is 4.79 Å². The van der Waals surface area contributed by atoms with Gasteiger partial charge in [-0.3, -0.25) is 4.79 Å². The average molecular weight is 419 g/mol. The third-order valence-electron chi connectivity index (χ3n) is 4.93. The standard InChI is InChI=1S/C24H19ClN2O3/c25-18-10-6-9-17(13-18)22(24(29)30)26-23(28)20-15-27(14-16-7-2-1-3-8-16)21-12-5-4-11-19(20)21/h1-13,15,22H,14H2,(H,26,28)(H,29,30). The summed E-state index contributed by atoms with van der Waals surface area (Å²) in [4.78, 5) is 24.9. The Hall–Kier alpha value is -3.57. The van der Waals surface area contributed by atoms with Gasteiger partial charge in [-0.1, -0.05) is 72.3 Å². The summed E-state index contributed by atoms with van der Waals surface area (Å²) in [7, 11) is 0. The van der Waals surface area contributed by atoms with Gasteiger partial charge in [0.15, 0.2) is 6.04 Å². The monoisotopic (exact) mass is 418 g/mol. The van der Waals surface area contributed by atoms with E-state index in [9.17, 15) is 14.7 Å². The Labute approximate surface area is 178 Å². The van der Waals surface area contributed by atoms with Gasteiger partial charge < -0.3 is 15.0 Å². The number of nitrogens with one attached hydrogen (secondary N) is 1. The lowest BCUT2D eigenvalue weighted by Crippen LogP contribution is -2.33. The van der Waals surface area contributed by atoms with Crippen LogP contribution in [0.15, 0.2) is 85.1 Å². The number of para-hydroxylation sites is 1. The van der Waals surface area contributed by atoms with Crippen molar-refractivity contribution in [3.05, 3.63) is 107 Å². The number of rotatable bonds is 6. The molecule has 1 amide bonds. The van der Waals surface area contributed by atoms with Gasteiger partial charge in [-0.15, -0.1) is 0 Å². The number of benzene rings is 3. The third kappa shape index (κ3) is 4.07. The van der Waals surface area contributed by atoms with Crippen LogP contribution in [0.2, 0.25) is 5.02 Å². The molecular weight excluding hydrogens is 400 g/mol. The van der Waals surface area contributed by atoms with Crippen molar-refractivity contribution in [2.24, 2.45) is 0 Å². The predicted octanol–water partition coefficient (Wildman–Crippen LogP) is 4.90. The molecule has 5 nitrogen and oxygen atoms in total. The van der Waals surface area contributed by atoms with Crippen LogP contribution in [-0.2, 0) is 11.3 Å². The molecular formula is C24H19ClN2O3. The van der Waals surface area contributed by atoms with Crippen molar-refractivity contribution in [2.75, 3.05) is 0 Å². The van der Waals surface area contributed by atoms with E-state index in [1.165, 1.54) is 0 Å². The van der Waals surface area contributed by atoms with Crippen molar-refractivity contribution in [1.29, 1.82) is 0 Å². The highest BCUT2D eigenvalue weighted by Gasteiger charge is 2.25. The fraction of sp³-hybridized carbons (Fsp3) is 0.0833. The van der Waals surface area contributed by atoms with E-state index in [1.807, 2.05) is 59.2 Å². The molecule has 30 heavy (non-hydrogen) atoms. The lowest BCUT2D eigenvalue weighted by molar-refractivity contribution is -0.139. The normalized spacial score (nSPS) is 11.9. The van der Waals surface area contributed by atoms with Crippen LogP contribution in [-0.4, -0.2) is 21.6 Å². The highest BCUT2D eigenvalue weighted by Crippen LogP contribution is 2.24. The highest BCUT2D eigenvalue weighted by molar-refractivity contribution is 6.30. The molecule has 0 spiro atoms. The number of carboxylic acid groups (broad SMARTS) is 1. The molecule has 0 fully saturated rings. The number of fused-ring (bicyclic) bond motifs is 1. The number of amides is 1. The second kappa shape index (κ2) is 8.43. The first kappa shape index (κ1) is 19.7. The average Bonchev–Trinajstić information content (AvgIpc) is 3.11. The lowest BCUT2D eigenvalue weighted by Gasteiger charge is -2.15. The minimum atomic E-state index is -1.20. The molecule has 150 valence electrons. The first-order valence-electron chi connectivity index (χ1n) is 9.44. The lowest BCUT2D eigenvalue weighted by atomic mass is 10.1. The van der Waals surface area contributed by atoms with Crippen molar-refractivity contribution in [3.8, 4) is 0 Å². The minimum absolute atomic E-state index is 0.410. The first-order chi connectivity index (χ1) is 14.5. The maximum absolute atomic E-state index is 13.1. The molecule has 3 aromatic carbocycles. The van der Waals surface area contributed by atoms with E-state index in [0.29, 0.717) is 22.7 Å². The van der Waals surface area contributed by atoms with Gasteiger partial charge in [0.2, 0.25) is 0 Å². The molecule has 1 aromatic heterocycles. The molecule has 2 N–H and O–H groups in total. The van der Waals surface area contributed by atoms with E-state index in [0.717, 1.165) is 16.5 Å². The van der Waals surface area contributed by atoms with Crippen LogP contribution in [0.25, 0.3) is 10.9 Å². The predicted molar refractivity (Wildman–Crippen MR) is 117 cm³/mol. The molecule has 4 rings (SSSR count). The summed E-state index contributed by atoms with van der Waals surface area (Å²) in [6.45, 7) is 0.602. The van der Waals surface area contributed by atoms with Gasteiger partial charge in [0.1, 0.15) is 0 Å². The zero-order valence-corrected chi connectivity index (χ0v) is 16.7. The number of aliphatic carboxylic acids is 1. The number of halogens is 1. The number of carbonyl (C=O) groups is 2. The minimum Gasteiger partial charge on any atom is -0.479 e. The van der Waals surface area contributed by atoms with Crippen LogP contribution in [0.1, 0.15) is 27.5 Å². The fourth-order valence-electron chi connectivity index (χ4n) is 3.52. The second-order valence-corrected chi connectivity index (χ2v) is 7.41. The first-order valence-corrected chi connectivity index (χ1v) is 9.81. The summed E-state index contributed by atoms with van der Waals surface area (Å²) in [5.41, 5.74) is 2.85. The van der Waals surface area contributed by atoms with E-state index >= 15 is 0 Å². The third-order valence-corrected chi connectivity index (χ3v) is 5.17. The van der Waals surface area contributed by atoms with Crippen molar-refractivity contribution >= 4 is 34.4 Å². The summed E-state index contributed by atoms with van der Waals surface area (Å²) >= 11 is 6.00. The van der Waals surface area contributed by atoms with E-state index in [-0.39, 0.29) is 0 Å². The van der Waals surface area contributed by atoms with E-state index in [4.69, 9.17) is 11.6 Å². The zero-order chi connectivity index (χ0) is 21.1. The molecule has 0 saturated heterocycles. The number of aromatic nitrogens is 1. The second-order valence-electron chi connectivity index (χ2n) is 6.97. The summed E-state index contributed by atoms with van der Waals surface area (Å²) in [5.74, 6) is -1.61. The Morgan fingerprint density at radius 2 is 1.70 bits per heavy atom. The molecule has 0 radical (unpaired) electrons. The largest absolute Gasteiger partial charge is 0.479 e. The van der Waals surface area contributed by atoms with E-state index in [1.54, 1.807) is 30.5 Å². The number of carboxylic acids is 1. The number of carbonyl (C=O) groups excluding carboxylic acids is 1. The molecule has 0 aliphatic rings. The molecule has 0 bridgehead atoms. The molecule has 0 saturated carbocycles. The molecule has 6 heteroatoms. The number of hydrogen-bond acceptors (Lipinski definition) is 2. The van der Waals surface area contributed by atoms with Gasteiger partial charge >= 0.3 is 5.97 Å². The van der Waals surface area contributed by atoms with Crippen LogP contribution in [0.4, 0.5) is 0 Å². The SMILES string of the molecule is O=C(NC(C(=O)O)c1cccc(Cl)c1)c1cn(Cc2ccccc2)c2ccccc12. The molecule has 0 aliphatic heterocycles. The zero-order valence-electron chi connectivity index (χ0n) is 16.0. The Balaban J connectivity index is 1.68. The topological polar surface area (TPSA) is 71.3 Å². The Kier molecular flexibility index (Phi) is 5.55. The van der Waals surface area contributed by atoms with Crippen molar-refractivity contribution < 1.29 is 14.7 Å². The van der Waals surface area contributed by atoms with Crippen LogP contribution >= 0.6 is 11.6 Å². The van der Waals surface area contributed by atoms with Gasteiger partial charge in [0, 0.05) is 28.7 Å². The summed E-state index contributed by atoms with van der Waals surface area (Å²) in [6.07, 6.45) is 1.77. The fourth-order valence-corrected chi connectivity index (χ4v) is 3.72. The highest BCUT2D eigenvalue weighted by atomic mass is 35.5. The summed E-state index contributed by atoms with van der Waals surface area (Å²) in [5, 5.41) is 13.5. The van der Waals surface area contributed by atoms with E-state index < -0.39 is 17.9 Å². The Morgan fingerprint density at radius 1 is 0.967 bits per heavy atom. The van der Waals surface area contributed by atoms with Crippen LogP contribution in [0, 0.1) is 0 Å². The maximum Gasteiger partial charge on any atom is 0.330 e. The van der Waals surface area contributed by atoms with Crippen molar-refractivity contribution in [2.45, 2.75) is 12.6 Å². The summed E-state index contributed by atoms with van der Waals surface area (Å²) < 4.78 is 1.99. The van der Waals surface area contributed by atoms with Crippen molar-refractivity contribution in [3.63, 3.8) is 0 Å². The quantitative estimate of drug-likeness (QED) is 0.468. The number of hydrogen-bond donors (Lipinski definition) is 2. The molecule has 4 aromatic rings. The van der Waals surface area contributed by atoms with Crippen molar-refractivity contribution in [1.82, 2.24) is 9.88 Å². The summed E-state index contributed by atoms with van der Waals surface area (Å²) in [6, 6.07) is 22.8. The van der Waals surface area contributed by atoms with E-state index in [2.05, 4.69) is 5.32 Å². The number of nitrogens with zero attached hydrogens (tertiary/aromatic N) is 1. The van der Waals surface area contributed by atoms with Gasteiger partial charge in [-0.2, -0.15) is 0 Å². The van der Waals surface area contributed by atoms with Crippen LogP contribution in [0.5, 0.6) is 0 Å². The maximum atomic E-state index is 13.1. The molecule has 1 unspecified atom stereocenters. The van der Waals surface area contributed by atoms with Gasteiger partial charge in [-0.05, 0) is 29.3 Å².